The Morgan fingerprint density at radius 2 is 2.04 bits per heavy atom. The molecule has 1 saturated carbocycles. The molecule has 0 spiro atoms. The number of benzene rings is 1. The van der Waals surface area contributed by atoms with Crippen molar-refractivity contribution >= 4 is 39.4 Å². The van der Waals surface area contributed by atoms with Gasteiger partial charge in [0.25, 0.3) is 5.91 Å². The summed E-state index contributed by atoms with van der Waals surface area (Å²) in [6.45, 7) is -0.382. The van der Waals surface area contributed by atoms with E-state index in [1.165, 1.54) is 4.90 Å². The molecule has 2 amide bonds. The molecule has 0 unspecified atom stereocenters. The smallest absolute Gasteiger partial charge is 0.329 e. The maximum atomic E-state index is 12.4. The number of amides is 2. The van der Waals surface area contributed by atoms with E-state index in [1.54, 1.807) is 18.2 Å². The highest BCUT2D eigenvalue weighted by molar-refractivity contribution is 9.10. The summed E-state index contributed by atoms with van der Waals surface area (Å²) in [7, 11) is 0. The molecule has 0 aromatic heterocycles. The number of nitrogens with one attached hydrogen (secondary N) is 1. The lowest BCUT2D eigenvalue weighted by molar-refractivity contribution is -0.147. The third kappa shape index (κ3) is 3.10. The highest BCUT2D eigenvalue weighted by Crippen LogP contribution is 2.34. The largest absolute Gasteiger partial charge is 0.482 e. The van der Waals surface area contributed by atoms with Gasteiger partial charge in [-0.2, -0.15) is 0 Å². The molecule has 3 rings (SSSR count). The van der Waals surface area contributed by atoms with Crippen LogP contribution in [0.1, 0.15) is 25.7 Å². The van der Waals surface area contributed by atoms with Crippen LogP contribution in [0.15, 0.2) is 22.7 Å². The minimum absolute atomic E-state index is 0.152. The quantitative estimate of drug-likeness (QED) is 0.806. The molecular formula is C16H17BrN2O5. The summed E-state index contributed by atoms with van der Waals surface area (Å²) >= 11 is 3.33. The summed E-state index contributed by atoms with van der Waals surface area (Å²) in [6, 6.07) is 5.16. The number of hydrogen-bond donors (Lipinski definition) is 2. The first kappa shape index (κ1) is 16.8. The van der Waals surface area contributed by atoms with Crippen LogP contribution in [0.5, 0.6) is 5.75 Å². The molecule has 1 aromatic rings. The number of halogens is 1. The molecule has 128 valence electrons. The minimum atomic E-state index is -1.21. The first-order valence-corrected chi connectivity index (χ1v) is 8.48. The lowest BCUT2D eigenvalue weighted by Gasteiger charge is -2.31. The fraction of sp³-hybridized carbons (Fsp3) is 0.438. The van der Waals surface area contributed by atoms with Crippen molar-refractivity contribution in [3.05, 3.63) is 22.7 Å². The van der Waals surface area contributed by atoms with Crippen LogP contribution in [0.4, 0.5) is 5.69 Å². The van der Waals surface area contributed by atoms with Crippen LogP contribution in [0.3, 0.4) is 0 Å². The average Bonchev–Trinajstić information content (AvgIpc) is 3.00. The van der Waals surface area contributed by atoms with Gasteiger partial charge in [0, 0.05) is 4.47 Å². The van der Waals surface area contributed by atoms with Gasteiger partial charge in [0.1, 0.15) is 17.8 Å². The minimum Gasteiger partial charge on any atom is -0.482 e. The first-order valence-electron chi connectivity index (χ1n) is 7.68. The van der Waals surface area contributed by atoms with Gasteiger partial charge in [-0.05, 0) is 31.0 Å². The second kappa shape index (κ2) is 6.43. The molecule has 2 N–H and O–H groups in total. The number of anilines is 1. The van der Waals surface area contributed by atoms with E-state index in [-0.39, 0.29) is 19.1 Å². The van der Waals surface area contributed by atoms with Crippen LogP contribution < -0.4 is 15.0 Å². The molecule has 1 fully saturated rings. The molecule has 1 aliphatic carbocycles. The first-order chi connectivity index (χ1) is 11.4. The standard InChI is InChI=1S/C16H17BrN2O5/c17-10-3-4-11-12(7-10)24-9-14(21)19(11)8-13(20)18-16(15(22)23)5-1-2-6-16/h3-4,7H,1-2,5-6,8-9H2,(H,18,20)(H,22,23). The maximum absolute atomic E-state index is 12.4. The second-order valence-electron chi connectivity index (χ2n) is 6.02. The molecule has 1 aromatic carbocycles. The summed E-state index contributed by atoms with van der Waals surface area (Å²) < 4.78 is 6.17. The van der Waals surface area contributed by atoms with Gasteiger partial charge in [0.2, 0.25) is 5.91 Å². The van der Waals surface area contributed by atoms with Gasteiger partial charge in [-0.25, -0.2) is 4.79 Å². The van der Waals surface area contributed by atoms with Crippen LogP contribution in [-0.4, -0.2) is 41.6 Å². The van der Waals surface area contributed by atoms with Gasteiger partial charge < -0.3 is 15.2 Å². The number of fused-ring (bicyclic) bond motifs is 1. The van der Waals surface area contributed by atoms with E-state index in [1.807, 2.05) is 0 Å². The monoisotopic (exact) mass is 396 g/mol. The van der Waals surface area contributed by atoms with Crippen molar-refractivity contribution in [3.63, 3.8) is 0 Å². The highest BCUT2D eigenvalue weighted by Gasteiger charge is 2.43. The Morgan fingerprint density at radius 3 is 2.71 bits per heavy atom. The SMILES string of the molecule is O=C(CN1C(=O)COc2cc(Br)ccc21)NC1(C(=O)O)CCCC1. The summed E-state index contributed by atoms with van der Waals surface area (Å²) in [5.74, 6) is -1.34. The Bertz CT molecular complexity index is 700. The Balaban J connectivity index is 1.77. The number of carboxylic acids is 1. The topological polar surface area (TPSA) is 95.9 Å². The number of nitrogens with zero attached hydrogens (tertiary/aromatic N) is 1. The lowest BCUT2D eigenvalue weighted by atomic mass is 9.98. The number of hydrogen-bond acceptors (Lipinski definition) is 4. The molecule has 24 heavy (non-hydrogen) atoms. The number of carboxylic acid groups (broad SMARTS) is 1. The van der Waals surface area contributed by atoms with Crippen LogP contribution in [-0.2, 0) is 14.4 Å². The number of carbonyl (C=O) groups is 3. The lowest BCUT2D eigenvalue weighted by Crippen LogP contribution is -2.56. The molecule has 2 aliphatic rings. The van der Waals surface area contributed by atoms with Crippen molar-refractivity contribution in [2.24, 2.45) is 0 Å². The van der Waals surface area contributed by atoms with Gasteiger partial charge >= 0.3 is 5.97 Å². The second-order valence-corrected chi connectivity index (χ2v) is 6.94. The van der Waals surface area contributed by atoms with Crippen molar-refractivity contribution in [1.82, 2.24) is 5.32 Å². The van der Waals surface area contributed by atoms with Crippen molar-refractivity contribution in [2.75, 3.05) is 18.1 Å². The van der Waals surface area contributed by atoms with E-state index >= 15 is 0 Å². The van der Waals surface area contributed by atoms with E-state index in [9.17, 15) is 19.5 Å². The number of aliphatic carboxylic acids is 1. The molecule has 0 bridgehead atoms. The number of ether oxygens (including phenoxy) is 1. The molecule has 0 radical (unpaired) electrons. The zero-order valence-electron chi connectivity index (χ0n) is 12.9. The summed E-state index contributed by atoms with van der Waals surface area (Å²) in [5.41, 5.74) is -0.713. The van der Waals surface area contributed by atoms with E-state index in [4.69, 9.17) is 4.74 Å². The number of rotatable bonds is 4. The highest BCUT2D eigenvalue weighted by atomic mass is 79.9. The van der Waals surface area contributed by atoms with Crippen molar-refractivity contribution in [1.29, 1.82) is 0 Å². The molecule has 1 heterocycles. The fourth-order valence-electron chi connectivity index (χ4n) is 3.17. The predicted molar refractivity (Wildman–Crippen MR) is 89.0 cm³/mol. The predicted octanol–water partition coefficient (Wildman–Crippen LogP) is 1.69. The van der Waals surface area contributed by atoms with Gasteiger partial charge in [-0.15, -0.1) is 0 Å². The van der Waals surface area contributed by atoms with E-state index in [0.29, 0.717) is 24.3 Å². The van der Waals surface area contributed by atoms with Crippen molar-refractivity contribution in [3.8, 4) is 5.75 Å². The molecule has 1 aliphatic heterocycles. The molecule has 8 heteroatoms. The molecule has 7 nitrogen and oxygen atoms in total. The Hall–Kier alpha value is -2.09. The maximum Gasteiger partial charge on any atom is 0.329 e. The van der Waals surface area contributed by atoms with E-state index < -0.39 is 17.4 Å². The van der Waals surface area contributed by atoms with Crippen molar-refractivity contribution < 1.29 is 24.2 Å². The third-order valence-electron chi connectivity index (χ3n) is 4.41. The molecule has 0 atom stereocenters. The van der Waals surface area contributed by atoms with Crippen LogP contribution >= 0.6 is 15.9 Å². The van der Waals surface area contributed by atoms with Crippen LogP contribution in [0.25, 0.3) is 0 Å². The Kier molecular flexibility index (Phi) is 4.49. The average molecular weight is 397 g/mol. The van der Waals surface area contributed by atoms with Crippen molar-refractivity contribution in [2.45, 2.75) is 31.2 Å². The van der Waals surface area contributed by atoms with Gasteiger partial charge in [0.15, 0.2) is 6.61 Å². The zero-order valence-corrected chi connectivity index (χ0v) is 14.5. The summed E-state index contributed by atoms with van der Waals surface area (Å²) in [4.78, 5) is 37.4. The summed E-state index contributed by atoms with van der Waals surface area (Å²) in [6.07, 6.45) is 2.35. The zero-order chi connectivity index (χ0) is 17.3. The van der Waals surface area contributed by atoms with Gasteiger partial charge in [-0.3, -0.25) is 14.5 Å². The number of carbonyl (C=O) groups excluding carboxylic acids is 2. The third-order valence-corrected chi connectivity index (χ3v) is 4.91. The Labute approximate surface area is 147 Å². The van der Waals surface area contributed by atoms with Crippen LogP contribution in [0, 0.1) is 0 Å². The summed E-state index contributed by atoms with van der Waals surface area (Å²) in [5, 5.41) is 12.1. The van der Waals surface area contributed by atoms with Gasteiger partial charge in [-0.1, -0.05) is 28.8 Å². The van der Waals surface area contributed by atoms with Crippen LogP contribution in [0.2, 0.25) is 0 Å². The molecular weight excluding hydrogens is 380 g/mol. The normalized spacial score (nSPS) is 18.7. The Morgan fingerprint density at radius 1 is 1.33 bits per heavy atom. The van der Waals surface area contributed by atoms with Gasteiger partial charge in [0.05, 0.1) is 5.69 Å². The van der Waals surface area contributed by atoms with E-state index in [2.05, 4.69) is 21.2 Å². The fourth-order valence-corrected chi connectivity index (χ4v) is 3.51. The molecule has 0 saturated heterocycles. The van der Waals surface area contributed by atoms with E-state index in [0.717, 1.165) is 17.3 Å².